The lowest BCUT2D eigenvalue weighted by molar-refractivity contribution is -0.144. The molecular weight excluding hydrogens is 600 g/mol. The SMILES string of the molecule is CCC1CCC(C2CC=C(c3cnc(-c4ccc(CN(CC(=O)O)C(=O)CNS(=O)(=O)Cc5ccccc5)cc4)nc3)CC2)CC1. The molecule has 0 aliphatic heterocycles. The van der Waals surface area contributed by atoms with Crippen molar-refractivity contribution in [3.63, 3.8) is 0 Å². The van der Waals surface area contributed by atoms with E-state index in [2.05, 4.69) is 27.7 Å². The molecule has 9 nitrogen and oxygen atoms in total. The van der Waals surface area contributed by atoms with Gasteiger partial charge in [0.2, 0.25) is 15.9 Å². The fraction of sp³-hybridized carbons (Fsp3) is 0.444. The van der Waals surface area contributed by atoms with Crippen LogP contribution in [0.5, 0.6) is 0 Å². The summed E-state index contributed by atoms with van der Waals surface area (Å²) in [5.41, 5.74) is 4.48. The lowest BCUT2D eigenvalue weighted by Gasteiger charge is -2.35. The van der Waals surface area contributed by atoms with Crippen molar-refractivity contribution in [3.8, 4) is 11.4 Å². The fourth-order valence-corrected chi connectivity index (χ4v) is 7.84. The molecule has 46 heavy (non-hydrogen) atoms. The molecule has 0 radical (unpaired) electrons. The van der Waals surface area contributed by atoms with Gasteiger partial charge in [0.15, 0.2) is 5.82 Å². The highest BCUT2D eigenvalue weighted by Crippen LogP contribution is 2.41. The molecule has 1 unspecified atom stereocenters. The molecular formula is C36H44N4O5S. The summed E-state index contributed by atoms with van der Waals surface area (Å²) in [4.78, 5) is 34.7. The molecule has 2 aliphatic carbocycles. The van der Waals surface area contributed by atoms with Crippen LogP contribution in [0.15, 0.2) is 73.1 Å². The quantitative estimate of drug-likeness (QED) is 0.231. The van der Waals surface area contributed by atoms with Crippen LogP contribution in [0.4, 0.5) is 0 Å². The number of allylic oxidation sites excluding steroid dienone is 2. The minimum absolute atomic E-state index is 0.0147. The minimum Gasteiger partial charge on any atom is -0.480 e. The first kappa shape index (κ1) is 33.5. The van der Waals surface area contributed by atoms with Gasteiger partial charge < -0.3 is 10.0 Å². The van der Waals surface area contributed by atoms with Gasteiger partial charge in [-0.2, -0.15) is 0 Å². The summed E-state index contributed by atoms with van der Waals surface area (Å²) in [6.45, 7) is 1.25. The smallest absolute Gasteiger partial charge is 0.323 e. The van der Waals surface area contributed by atoms with E-state index in [1.54, 1.807) is 42.5 Å². The van der Waals surface area contributed by atoms with E-state index in [1.165, 1.54) is 44.1 Å². The number of hydrogen-bond acceptors (Lipinski definition) is 6. The molecule has 0 bridgehead atoms. The number of benzene rings is 2. The van der Waals surface area contributed by atoms with E-state index in [0.717, 1.165) is 46.6 Å². The number of carbonyl (C=O) groups is 2. The predicted molar refractivity (Wildman–Crippen MR) is 179 cm³/mol. The Morgan fingerprint density at radius 1 is 0.891 bits per heavy atom. The lowest BCUT2D eigenvalue weighted by Crippen LogP contribution is -2.42. The summed E-state index contributed by atoms with van der Waals surface area (Å²) in [7, 11) is -3.78. The average molecular weight is 645 g/mol. The monoisotopic (exact) mass is 644 g/mol. The average Bonchev–Trinajstić information content (AvgIpc) is 3.07. The van der Waals surface area contributed by atoms with Crippen molar-refractivity contribution < 1.29 is 23.1 Å². The maximum Gasteiger partial charge on any atom is 0.323 e. The lowest BCUT2D eigenvalue weighted by atomic mass is 9.71. The Bertz CT molecular complexity index is 1600. The van der Waals surface area contributed by atoms with Gasteiger partial charge in [-0.05, 0) is 66.6 Å². The van der Waals surface area contributed by atoms with E-state index in [-0.39, 0.29) is 12.3 Å². The van der Waals surface area contributed by atoms with Crippen molar-refractivity contribution in [2.75, 3.05) is 13.1 Å². The Balaban J connectivity index is 1.15. The third-order valence-electron chi connectivity index (χ3n) is 9.52. The molecule has 10 heteroatoms. The molecule has 1 heterocycles. The first-order chi connectivity index (χ1) is 22.2. The first-order valence-corrected chi connectivity index (χ1v) is 18.0. The highest BCUT2D eigenvalue weighted by atomic mass is 32.2. The highest BCUT2D eigenvalue weighted by molar-refractivity contribution is 7.88. The standard InChI is InChI=1S/C36H44N4O5S/c1-2-26-8-12-29(13-9-26)30-16-18-31(19-17-30)33-20-37-36(38-21-33)32-14-10-27(11-15-32)23-40(24-35(42)43)34(41)22-39-46(44,45)25-28-6-4-3-5-7-28/h3-7,10-11,14-15,18,20-21,26,29-30,39H,2,8-9,12-13,16-17,19,22-25H2,1H3,(H,42,43). The molecule has 2 aromatic carbocycles. The van der Waals surface area contributed by atoms with Crippen LogP contribution in [0.2, 0.25) is 0 Å². The van der Waals surface area contributed by atoms with Crippen molar-refractivity contribution in [3.05, 3.63) is 89.8 Å². The second kappa shape index (κ2) is 15.6. The molecule has 2 N–H and O–H groups in total. The Labute approximate surface area is 272 Å². The second-order valence-corrected chi connectivity index (χ2v) is 14.5. The van der Waals surface area contributed by atoms with Crippen molar-refractivity contribution in [2.45, 2.75) is 70.6 Å². The molecule has 2 aliphatic rings. The van der Waals surface area contributed by atoms with Crippen LogP contribution in [0.25, 0.3) is 17.0 Å². The van der Waals surface area contributed by atoms with Gasteiger partial charge in [0, 0.05) is 30.1 Å². The molecule has 244 valence electrons. The second-order valence-electron chi connectivity index (χ2n) is 12.7. The molecule has 0 spiro atoms. The van der Waals surface area contributed by atoms with Crippen LogP contribution in [0.1, 0.15) is 75.0 Å². The Hall–Kier alpha value is -3.89. The first-order valence-electron chi connectivity index (χ1n) is 16.3. The summed E-state index contributed by atoms with van der Waals surface area (Å²) in [6.07, 6.45) is 16.5. The maximum atomic E-state index is 12.9. The summed E-state index contributed by atoms with van der Waals surface area (Å²) in [5.74, 6) is 1.09. The minimum atomic E-state index is -3.78. The number of sulfonamides is 1. The molecule has 0 saturated heterocycles. The molecule has 1 fully saturated rings. The zero-order chi connectivity index (χ0) is 32.5. The zero-order valence-electron chi connectivity index (χ0n) is 26.5. The number of nitrogens with one attached hydrogen (secondary N) is 1. The van der Waals surface area contributed by atoms with Crippen molar-refractivity contribution in [2.24, 2.45) is 17.8 Å². The van der Waals surface area contributed by atoms with E-state index in [1.807, 2.05) is 24.5 Å². The maximum absolute atomic E-state index is 12.9. The number of amides is 1. The van der Waals surface area contributed by atoms with Gasteiger partial charge in [-0.25, -0.2) is 23.1 Å². The van der Waals surface area contributed by atoms with Crippen LogP contribution in [-0.4, -0.2) is 53.4 Å². The van der Waals surface area contributed by atoms with E-state index in [4.69, 9.17) is 0 Å². The van der Waals surface area contributed by atoms with Gasteiger partial charge >= 0.3 is 5.97 Å². The van der Waals surface area contributed by atoms with Crippen molar-refractivity contribution in [1.29, 1.82) is 0 Å². The Kier molecular flexibility index (Phi) is 11.4. The summed E-state index contributed by atoms with van der Waals surface area (Å²) >= 11 is 0. The van der Waals surface area contributed by atoms with Crippen molar-refractivity contribution >= 4 is 27.5 Å². The topological polar surface area (TPSA) is 130 Å². The third kappa shape index (κ3) is 9.33. The number of carbonyl (C=O) groups excluding carboxylic acids is 1. The summed E-state index contributed by atoms with van der Waals surface area (Å²) < 4.78 is 27.2. The zero-order valence-corrected chi connectivity index (χ0v) is 27.3. The number of aromatic nitrogens is 2. The van der Waals surface area contributed by atoms with Gasteiger partial charge in [-0.1, -0.05) is 86.9 Å². The molecule has 1 saturated carbocycles. The van der Waals surface area contributed by atoms with Crippen LogP contribution in [0.3, 0.4) is 0 Å². The number of nitrogens with zero attached hydrogens (tertiary/aromatic N) is 3. The van der Waals surface area contributed by atoms with Crippen LogP contribution < -0.4 is 4.72 Å². The number of carboxylic acid groups (broad SMARTS) is 1. The molecule has 1 amide bonds. The fourth-order valence-electron chi connectivity index (χ4n) is 6.76. The number of aliphatic carboxylic acids is 1. The predicted octanol–water partition coefficient (Wildman–Crippen LogP) is 6.08. The van der Waals surface area contributed by atoms with Gasteiger partial charge in [0.05, 0.1) is 12.3 Å². The molecule has 1 atom stereocenters. The van der Waals surface area contributed by atoms with Crippen molar-refractivity contribution in [1.82, 2.24) is 19.6 Å². The van der Waals surface area contributed by atoms with Gasteiger partial charge in [-0.15, -0.1) is 0 Å². The Morgan fingerprint density at radius 3 is 2.20 bits per heavy atom. The van der Waals surface area contributed by atoms with E-state index in [9.17, 15) is 23.1 Å². The summed E-state index contributed by atoms with van der Waals surface area (Å²) in [5, 5.41) is 9.38. The van der Waals surface area contributed by atoms with E-state index < -0.39 is 35.0 Å². The number of hydrogen-bond donors (Lipinski definition) is 2. The van der Waals surface area contributed by atoms with Crippen LogP contribution in [0, 0.1) is 17.8 Å². The van der Waals surface area contributed by atoms with Crippen LogP contribution >= 0.6 is 0 Å². The van der Waals surface area contributed by atoms with Gasteiger partial charge in [-0.3, -0.25) is 9.59 Å². The number of rotatable bonds is 13. The largest absolute Gasteiger partial charge is 0.480 e. The van der Waals surface area contributed by atoms with Gasteiger partial charge in [0.1, 0.15) is 6.54 Å². The van der Waals surface area contributed by atoms with E-state index >= 15 is 0 Å². The highest BCUT2D eigenvalue weighted by Gasteiger charge is 2.28. The third-order valence-corrected chi connectivity index (χ3v) is 10.8. The van der Waals surface area contributed by atoms with E-state index in [0.29, 0.717) is 17.0 Å². The molecule has 1 aromatic heterocycles. The molecule has 3 aromatic rings. The Morgan fingerprint density at radius 2 is 1.59 bits per heavy atom. The molecule has 5 rings (SSSR count). The van der Waals surface area contributed by atoms with Crippen LogP contribution in [-0.2, 0) is 31.9 Å². The normalized spacial score (nSPS) is 20.1. The summed E-state index contributed by atoms with van der Waals surface area (Å²) in [6, 6.07) is 15.9. The van der Waals surface area contributed by atoms with Gasteiger partial charge in [0.25, 0.3) is 0 Å². The number of carboxylic acids is 1.